The largest absolute Gasteiger partial charge is 0.330 e. The maximum Gasteiger partial charge on any atom is 0.0214 e. The van der Waals surface area contributed by atoms with Crippen LogP contribution in [0.5, 0.6) is 0 Å². The van der Waals surface area contributed by atoms with E-state index in [9.17, 15) is 0 Å². The van der Waals surface area contributed by atoms with E-state index < -0.39 is 0 Å². The van der Waals surface area contributed by atoms with E-state index in [0.717, 1.165) is 24.3 Å². The minimum atomic E-state index is 0.512. The zero-order valence-corrected chi connectivity index (χ0v) is 11.8. The molecule has 0 atom stereocenters. The summed E-state index contributed by atoms with van der Waals surface area (Å²) in [5, 5.41) is 0. The van der Waals surface area contributed by atoms with Crippen LogP contribution in [-0.4, -0.2) is 30.6 Å². The standard InChI is InChI=1S/C16H28N2/c1-18(11-15(10-17)2-3-15)16-7-12-4-13(8-16)6-14(5-12)9-16/h12-14H,2-11,17H2,1H3. The van der Waals surface area contributed by atoms with Gasteiger partial charge in [-0.25, -0.2) is 0 Å². The van der Waals surface area contributed by atoms with Crippen LogP contribution in [0.15, 0.2) is 0 Å². The predicted octanol–water partition coefficient (Wildman–Crippen LogP) is 2.63. The number of nitrogens with two attached hydrogens (primary N) is 1. The van der Waals surface area contributed by atoms with Crippen molar-refractivity contribution in [3.63, 3.8) is 0 Å². The topological polar surface area (TPSA) is 29.3 Å². The Balaban J connectivity index is 1.52. The second kappa shape index (κ2) is 3.73. The highest BCUT2D eigenvalue weighted by Gasteiger charge is 2.54. The SMILES string of the molecule is CN(CC1(CN)CC1)C12CC3CC(CC(C3)C1)C2. The molecular weight excluding hydrogens is 220 g/mol. The Morgan fingerprint density at radius 2 is 1.50 bits per heavy atom. The Labute approximate surface area is 111 Å². The molecule has 0 aromatic carbocycles. The fraction of sp³-hybridized carbons (Fsp3) is 1.00. The first-order valence-electron chi connectivity index (χ1n) is 8.04. The summed E-state index contributed by atoms with van der Waals surface area (Å²) >= 11 is 0. The molecule has 0 aromatic heterocycles. The van der Waals surface area contributed by atoms with E-state index in [1.807, 2.05) is 0 Å². The summed E-state index contributed by atoms with van der Waals surface area (Å²) in [5.41, 5.74) is 7.08. The molecule has 2 nitrogen and oxygen atoms in total. The first-order valence-corrected chi connectivity index (χ1v) is 8.04. The molecule has 5 aliphatic carbocycles. The lowest BCUT2D eigenvalue weighted by atomic mass is 9.52. The lowest BCUT2D eigenvalue weighted by Gasteiger charge is -2.60. The molecule has 2 heteroatoms. The smallest absolute Gasteiger partial charge is 0.0214 e. The maximum absolute atomic E-state index is 5.98. The second-order valence-electron chi connectivity index (χ2n) is 8.20. The number of hydrogen-bond acceptors (Lipinski definition) is 2. The van der Waals surface area contributed by atoms with Gasteiger partial charge in [0.1, 0.15) is 0 Å². The molecule has 5 saturated carbocycles. The minimum Gasteiger partial charge on any atom is -0.330 e. The van der Waals surface area contributed by atoms with Gasteiger partial charge in [0.2, 0.25) is 0 Å². The Morgan fingerprint density at radius 3 is 1.89 bits per heavy atom. The van der Waals surface area contributed by atoms with Crippen LogP contribution in [0.25, 0.3) is 0 Å². The summed E-state index contributed by atoms with van der Waals surface area (Å²) in [6.45, 7) is 2.18. The van der Waals surface area contributed by atoms with Gasteiger partial charge in [0, 0.05) is 12.1 Å². The normalized spacial score (nSPS) is 47.8. The summed E-state index contributed by atoms with van der Waals surface area (Å²) in [5.74, 6) is 3.19. The Kier molecular flexibility index (Phi) is 2.43. The monoisotopic (exact) mass is 248 g/mol. The van der Waals surface area contributed by atoms with Gasteiger partial charge in [0.05, 0.1) is 0 Å². The van der Waals surface area contributed by atoms with Gasteiger partial charge in [0.25, 0.3) is 0 Å². The van der Waals surface area contributed by atoms with E-state index in [4.69, 9.17) is 5.73 Å². The van der Waals surface area contributed by atoms with Crippen molar-refractivity contribution in [2.75, 3.05) is 20.1 Å². The fourth-order valence-corrected chi connectivity index (χ4v) is 5.81. The molecule has 5 fully saturated rings. The highest BCUT2D eigenvalue weighted by atomic mass is 15.2. The molecule has 5 aliphatic rings. The van der Waals surface area contributed by atoms with Crippen LogP contribution >= 0.6 is 0 Å². The maximum atomic E-state index is 5.98. The van der Waals surface area contributed by atoms with Crippen molar-refractivity contribution < 1.29 is 0 Å². The first-order chi connectivity index (χ1) is 8.63. The Hall–Kier alpha value is -0.0800. The van der Waals surface area contributed by atoms with E-state index in [1.165, 1.54) is 38.6 Å². The summed E-state index contributed by atoms with van der Waals surface area (Å²) in [6, 6.07) is 0. The molecule has 0 heterocycles. The molecule has 0 radical (unpaired) electrons. The highest BCUT2D eigenvalue weighted by Crippen LogP contribution is 2.58. The van der Waals surface area contributed by atoms with Crippen molar-refractivity contribution in [2.45, 2.75) is 56.9 Å². The third-order valence-corrected chi connectivity index (χ3v) is 6.78. The first kappa shape index (κ1) is 11.7. The molecule has 0 aliphatic heterocycles. The van der Waals surface area contributed by atoms with Crippen molar-refractivity contribution in [1.82, 2.24) is 4.90 Å². The molecule has 4 bridgehead atoms. The predicted molar refractivity (Wildman–Crippen MR) is 74.3 cm³/mol. The van der Waals surface area contributed by atoms with Crippen molar-refractivity contribution in [2.24, 2.45) is 28.9 Å². The summed E-state index contributed by atoms with van der Waals surface area (Å²) < 4.78 is 0. The van der Waals surface area contributed by atoms with Crippen LogP contribution in [0.4, 0.5) is 0 Å². The van der Waals surface area contributed by atoms with Gasteiger partial charge in [0.15, 0.2) is 0 Å². The van der Waals surface area contributed by atoms with Crippen molar-refractivity contribution in [3.8, 4) is 0 Å². The second-order valence-corrected chi connectivity index (χ2v) is 8.20. The minimum absolute atomic E-state index is 0.512. The molecule has 0 aromatic rings. The lowest BCUT2D eigenvalue weighted by molar-refractivity contribution is -0.0841. The van der Waals surface area contributed by atoms with E-state index in [-0.39, 0.29) is 0 Å². The van der Waals surface area contributed by atoms with E-state index in [1.54, 1.807) is 19.3 Å². The van der Waals surface area contributed by atoms with Crippen molar-refractivity contribution >= 4 is 0 Å². The third kappa shape index (κ3) is 1.68. The molecule has 102 valence electrons. The van der Waals surface area contributed by atoms with Crippen LogP contribution in [0.1, 0.15) is 51.4 Å². The quantitative estimate of drug-likeness (QED) is 0.828. The summed E-state index contributed by atoms with van der Waals surface area (Å²) in [4.78, 5) is 2.76. The molecule has 0 amide bonds. The zero-order chi connectivity index (χ0) is 12.4. The Morgan fingerprint density at radius 1 is 1.00 bits per heavy atom. The van der Waals surface area contributed by atoms with Crippen LogP contribution in [0, 0.1) is 23.2 Å². The van der Waals surface area contributed by atoms with Crippen molar-refractivity contribution in [3.05, 3.63) is 0 Å². The lowest BCUT2D eigenvalue weighted by Crippen LogP contribution is -2.60. The van der Waals surface area contributed by atoms with Crippen LogP contribution in [0.2, 0.25) is 0 Å². The summed E-state index contributed by atoms with van der Waals surface area (Å²) in [7, 11) is 2.41. The molecule has 0 saturated heterocycles. The van der Waals surface area contributed by atoms with Gasteiger partial charge >= 0.3 is 0 Å². The third-order valence-electron chi connectivity index (χ3n) is 6.78. The average Bonchev–Trinajstić information content (AvgIpc) is 3.07. The van der Waals surface area contributed by atoms with Gasteiger partial charge in [-0.05, 0) is 88.1 Å². The number of hydrogen-bond donors (Lipinski definition) is 1. The van der Waals surface area contributed by atoms with Crippen LogP contribution < -0.4 is 5.73 Å². The molecule has 0 spiro atoms. The molecular formula is C16H28N2. The molecule has 18 heavy (non-hydrogen) atoms. The Bertz CT molecular complexity index is 310. The molecule has 2 N–H and O–H groups in total. The highest BCUT2D eigenvalue weighted by molar-refractivity contribution is 5.08. The van der Waals surface area contributed by atoms with Gasteiger partial charge in [-0.3, -0.25) is 0 Å². The molecule has 5 rings (SSSR count). The van der Waals surface area contributed by atoms with Crippen LogP contribution in [0.3, 0.4) is 0 Å². The van der Waals surface area contributed by atoms with Gasteiger partial charge in [-0.1, -0.05) is 0 Å². The zero-order valence-electron chi connectivity index (χ0n) is 11.8. The average molecular weight is 248 g/mol. The number of rotatable bonds is 4. The number of nitrogens with zero attached hydrogens (tertiary/aromatic N) is 1. The molecule has 0 unspecified atom stereocenters. The van der Waals surface area contributed by atoms with Gasteiger partial charge < -0.3 is 10.6 Å². The van der Waals surface area contributed by atoms with Crippen molar-refractivity contribution in [1.29, 1.82) is 0 Å². The fourth-order valence-electron chi connectivity index (χ4n) is 5.81. The van der Waals surface area contributed by atoms with Gasteiger partial charge in [-0.15, -0.1) is 0 Å². The van der Waals surface area contributed by atoms with E-state index >= 15 is 0 Å². The van der Waals surface area contributed by atoms with E-state index in [0.29, 0.717) is 11.0 Å². The van der Waals surface area contributed by atoms with E-state index in [2.05, 4.69) is 11.9 Å². The van der Waals surface area contributed by atoms with Crippen LogP contribution in [-0.2, 0) is 0 Å². The van der Waals surface area contributed by atoms with Gasteiger partial charge in [-0.2, -0.15) is 0 Å². The summed E-state index contributed by atoms with van der Waals surface area (Å²) in [6.07, 6.45) is 11.9.